The molecule has 4 rings (SSSR count). The Hall–Kier alpha value is -2.42. The van der Waals surface area contributed by atoms with E-state index in [2.05, 4.69) is 26.0 Å². The number of carbonyl (C=O) groups excluding carboxylic acids is 1. The second-order valence-electron chi connectivity index (χ2n) is 5.49. The summed E-state index contributed by atoms with van der Waals surface area (Å²) in [5.41, 5.74) is 1.10. The minimum absolute atomic E-state index is 0.310. The zero-order valence-corrected chi connectivity index (χ0v) is 16.9. The van der Waals surface area contributed by atoms with Crippen molar-refractivity contribution in [2.75, 3.05) is 5.01 Å². The summed E-state index contributed by atoms with van der Waals surface area (Å²) in [7, 11) is 0. The number of nitrogens with zero attached hydrogens (tertiary/aromatic N) is 3. The average molecular weight is 460 g/mol. The quantitative estimate of drug-likeness (QED) is 0.280. The van der Waals surface area contributed by atoms with E-state index in [4.69, 9.17) is 0 Å². The second kappa shape index (κ2) is 7.67. The number of thiophene rings is 1. The van der Waals surface area contributed by atoms with Crippen molar-refractivity contribution in [1.29, 1.82) is 0 Å². The molecule has 0 atom stereocenters. The van der Waals surface area contributed by atoms with Crippen LogP contribution in [-0.2, 0) is 0 Å². The highest BCUT2D eigenvalue weighted by atomic mass is 79.9. The van der Waals surface area contributed by atoms with Gasteiger partial charge in [0.1, 0.15) is 5.82 Å². The topological polar surface area (TPSA) is 45.6 Å². The van der Waals surface area contributed by atoms with Crippen LogP contribution in [0, 0.1) is 5.82 Å². The number of anilines is 1. The summed E-state index contributed by atoms with van der Waals surface area (Å²) in [5.74, 6) is -0.652. The van der Waals surface area contributed by atoms with Crippen LogP contribution in [0.4, 0.5) is 9.52 Å². The van der Waals surface area contributed by atoms with Crippen LogP contribution in [0.15, 0.2) is 69.6 Å². The first-order valence-corrected chi connectivity index (χ1v) is 10.3. The van der Waals surface area contributed by atoms with Gasteiger partial charge in [-0.3, -0.25) is 4.79 Å². The molecule has 2 aromatic carbocycles. The average Bonchev–Trinajstić information content (AvgIpc) is 3.31. The molecule has 2 heterocycles. The molecule has 0 aliphatic heterocycles. The number of hydrogen-bond donors (Lipinski definition) is 0. The summed E-state index contributed by atoms with van der Waals surface area (Å²) in [6, 6.07) is 15.2. The monoisotopic (exact) mass is 459 g/mol. The smallest absolute Gasteiger partial charge is 0.267 e. The summed E-state index contributed by atoms with van der Waals surface area (Å²) < 4.78 is 15.0. The molecule has 0 radical (unpaired) electrons. The van der Waals surface area contributed by atoms with Crippen LogP contribution in [0.5, 0.6) is 0 Å². The van der Waals surface area contributed by atoms with Crippen LogP contribution in [0.1, 0.15) is 15.2 Å². The highest BCUT2D eigenvalue weighted by molar-refractivity contribution is 9.10. The minimum Gasteiger partial charge on any atom is -0.267 e. The Morgan fingerprint density at radius 2 is 2.00 bits per heavy atom. The first kappa shape index (κ1) is 18.0. The van der Waals surface area contributed by atoms with Gasteiger partial charge in [-0.2, -0.15) is 10.1 Å². The zero-order valence-electron chi connectivity index (χ0n) is 13.7. The van der Waals surface area contributed by atoms with E-state index in [0.29, 0.717) is 20.9 Å². The molecular formula is C19H11BrFN3OS2. The van der Waals surface area contributed by atoms with Crippen molar-refractivity contribution >= 4 is 66.1 Å². The largest absolute Gasteiger partial charge is 0.280 e. The third-order valence-electron chi connectivity index (χ3n) is 3.65. The molecule has 2 aromatic heterocycles. The minimum atomic E-state index is -0.342. The Morgan fingerprint density at radius 1 is 1.19 bits per heavy atom. The number of amides is 1. The molecule has 0 saturated heterocycles. The first-order valence-electron chi connectivity index (χ1n) is 7.84. The molecule has 0 spiro atoms. The molecule has 4 aromatic rings. The molecule has 8 heteroatoms. The molecule has 27 heavy (non-hydrogen) atoms. The fourth-order valence-corrected chi connectivity index (χ4v) is 4.15. The lowest BCUT2D eigenvalue weighted by Gasteiger charge is -2.13. The zero-order chi connectivity index (χ0) is 18.8. The molecule has 0 bridgehead atoms. The third kappa shape index (κ3) is 3.97. The van der Waals surface area contributed by atoms with E-state index in [1.807, 2.05) is 17.5 Å². The normalized spacial score (nSPS) is 11.3. The van der Waals surface area contributed by atoms with E-state index in [9.17, 15) is 9.18 Å². The molecule has 0 fully saturated rings. The summed E-state index contributed by atoms with van der Waals surface area (Å²) in [6.45, 7) is 0. The number of hydrazone groups is 1. The lowest BCUT2D eigenvalue weighted by atomic mass is 10.2. The Kier molecular flexibility index (Phi) is 5.11. The van der Waals surface area contributed by atoms with E-state index in [0.717, 1.165) is 9.35 Å². The first-order chi connectivity index (χ1) is 13.1. The van der Waals surface area contributed by atoms with Crippen LogP contribution in [-0.4, -0.2) is 17.1 Å². The van der Waals surface area contributed by atoms with Crippen molar-refractivity contribution in [1.82, 2.24) is 4.98 Å². The van der Waals surface area contributed by atoms with Gasteiger partial charge in [0.25, 0.3) is 5.91 Å². The van der Waals surface area contributed by atoms with Crippen LogP contribution in [0.2, 0.25) is 0 Å². The molecule has 1 amide bonds. The number of fused-ring (bicyclic) bond motifs is 1. The van der Waals surface area contributed by atoms with Gasteiger partial charge in [0.2, 0.25) is 5.13 Å². The molecule has 0 aliphatic carbocycles. The van der Waals surface area contributed by atoms with E-state index in [1.165, 1.54) is 39.8 Å². The predicted molar refractivity (Wildman–Crippen MR) is 112 cm³/mol. The van der Waals surface area contributed by atoms with Crippen molar-refractivity contribution < 1.29 is 9.18 Å². The standard InChI is InChI=1S/C19H11BrFN3OS2/c20-13-5-3-12(4-6-13)18(25)24(22-11-15-2-1-9-26-15)19-23-16-8-7-14(21)10-17(16)27-19/h1-11H/b22-11+. The molecule has 0 saturated carbocycles. The molecule has 0 aliphatic rings. The number of rotatable bonds is 4. The Labute approximate surface area is 170 Å². The maximum atomic E-state index is 13.5. The molecule has 0 N–H and O–H groups in total. The van der Waals surface area contributed by atoms with Crippen molar-refractivity contribution in [2.45, 2.75) is 0 Å². The predicted octanol–water partition coefficient (Wildman–Crippen LogP) is 5.94. The fraction of sp³-hybridized carbons (Fsp3) is 0. The van der Waals surface area contributed by atoms with Crippen molar-refractivity contribution in [3.63, 3.8) is 0 Å². The van der Waals surface area contributed by atoms with Gasteiger partial charge in [0.05, 0.1) is 16.4 Å². The number of benzene rings is 2. The van der Waals surface area contributed by atoms with Crippen molar-refractivity contribution in [2.24, 2.45) is 5.10 Å². The second-order valence-corrected chi connectivity index (χ2v) is 8.40. The van der Waals surface area contributed by atoms with E-state index < -0.39 is 0 Å². The SMILES string of the molecule is O=C(c1ccc(Br)cc1)N(/N=C/c1cccs1)c1nc2ccc(F)cc2s1. The highest BCUT2D eigenvalue weighted by Crippen LogP contribution is 2.30. The molecule has 0 unspecified atom stereocenters. The van der Waals surface area contributed by atoms with Crippen LogP contribution < -0.4 is 5.01 Å². The number of thiazole rings is 1. The van der Waals surface area contributed by atoms with E-state index >= 15 is 0 Å². The van der Waals surface area contributed by atoms with Crippen LogP contribution in [0.3, 0.4) is 0 Å². The van der Waals surface area contributed by atoms with Gasteiger partial charge in [-0.05, 0) is 53.9 Å². The van der Waals surface area contributed by atoms with Gasteiger partial charge in [-0.1, -0.05) is 33.3 Å². The highest BCUT2D eigenvalue weighted by Gasteiger charge is 2.21. The van der Waals surface area contributed by atoms with Gasteiger partial charge >= 0.3 is 0 Å². The van der Waals surface area contributed by atoms with Gasteiger partial charge in [-0.15, -0.1) is 11.3 Å². The lowest BCUT2D eigenvalue weighted by molar-refractivity contribution is 0.0988. The Morgan fingerprint density at radius 3 is 2.74 bits per heavy atom. The summed E-state index contributed by atoms with van der Waals surface area (Å²) in [5, 5.41) is 7.94. The third-order valence-corrected chi connectivity index (χ3v) is 5.98. The maximum absolute atomic E-state index is 13.5. The number of hydrogen-bond acceptors (Lipinski definition) is 5. The number of aromatic nitrogens is 1. The van der Waals surface area contributed by atoms with Gasteiger partial charge in [0.15, 0.2) is 0 Å². The van der Waals surface area contributed by atoms with Crippen molar-refractivity contribution in [3.8, 4) is 0 Å². The van der Waals surface area contributed by atoms with E-state index in [-0.39, 0.29) is 11.7 Å². The lowest BCUT2D eigenvalue weighted by Crippen LogP contribution is -2.25. The summed E-state index contributed by atoms with van der Waals surface area (Å²) in [6.07, 6.45) is 1.62. The van der Waals surface area contributed by atoms with E-state index in [1.54, 1.807) is 36.5 Å². The summed E-state index contributed by atoms with van der Waals surface area (Å²) >= 11 is 6.10. The molecular weight excluding hydrogens is 449 g/mol. The van der Waals surface area contributed by atoms with Crippen molar-refractivity contribution in [3.05, 3.63) is 80.7 Å². The van der Waals surface area contributed by atoms with Gasteiger partial charge in [-0.25, -0.2) is 9.37 Å². The Balaban J connectivity index is 1.76. The Bertz CT molecular complexity index is 1120. The summed E-state index contributed by atoms with van der Waals surface area (Å²) in [4.78, 5) is 18.4. The molecule has 4 nitrogen and oxygen atoms in total. The number of halogens is 2. The van der Waals surface area contributed by atoms with Crippen LogP contribution >= 0.6 is 38.6 Å². The van der Waals surface area contributed by atoms with Gasteiger partial charge in [0, 0.05) is 14.9 Å². The number of carbonyl (C=O) groups is 1. The maximum Gasteiger partial charge on any atom is 0.280 e. The van der Waals surface area contributed by atoms with Crippen LogP contribution in [0.25, 0.3) is 10.2 Å². The van der Waals surface area contributed by atoms with Gasteiger partial charge < -0.3 is 0 Å². The fourth-order valence-electron chi connectivity index (χ4n) is 2.36. The molecule has 134 valence electrons.